The maximum absolute atomic E-state index is 10.8. The van der Waals surface area contributed by atoms with Gasteiger partial charge in [0.25, 0.3) is 5.90 Å². The molecule has 0 aliphatic carbocycles. The zero-order chi connectivity index (χ0) is 20.1. The maximum atomic E-state index is 10.8. The molecule has 0 saturated heterocycles. The van der Waals surface area contributed by atoms with Crippen molar-refractivity contribution in [2.24, 2.45) is 16.8 Å². The molecule has 1 atom stereocenters. The summed E-state index contributed by atoms with van der Waals surface area (Å²) in [7, 11) is 0. The largest absolute Gasteiger partial charge is 0.478 e. The number of hydrogen-bond acceptors (Lipinski definition) is 9. The topological polar surface area (TPSA) is 133 Å². The van der Waals surface area contributed by atoms with Crippen molar-refractivity contribution in [3.05, 3.63) is 23.9 Å². The van der Waals surface area contributed by atoms with Crippen LogP contribution in [-0.4, -0.2) is 43.6 Å². The van der Waals surface area contributed by atoms with E-state index in [-0.39, 0.29) is 30.9 Å². The molecule has 1 unspecified atom stereocenters. The van der Waals surface area contributed by atoms with E-state index < -0.39 is 11.9 Å². The number of aliphatic imine (C=N–C) groups is 1. The minimum absolute atomic E-state index is 0.0354. The summed E-state index contributed by atoms with van der Waals surface area (Å²) >= 11 is 0. The molecule has 0 fully saturated rings. The molecule has 0 aliphatic heterocycles. The summed E-state index contributed by atoms with van der Waals surface area (Å²) in [5, 5.41) is 7.52. The van der Waals surface area contributed by atoms with Gasteiger partial charge in [-0.05, 0) is 24.8 Å². The standard InChI is InChI=1S/C17H27N3O6/c1-11(8-25-16(18)9-23-14(4)21)6-7-12(2)13(3)20-17(26-19)10-24-15(5)22/h7,11,18H,3,6,8-10,19H2,1-2,4-5H3/b12-7-,18-16?,20-17?. The van der Waals surface area contributed by atoms with E-state index in [0.717, 1.165) is 5.57 Å². The van der Waals surface area contributed by atoms with E-state index in [1.807, 2.05) is 19.9 Å². The molecule has 0 aromatic carbocycles. The Bertz CT molecular complexity index is 583. The Kier molecular flexibility index (Phi) is 11.3. The molecule has 0 aromatic rings. The smallest absolute Gasteiger partial charge is 0.303 e. The normalized spacial score (nSPS) is 12.8. The fourth-order valence-corrected chi connectivity index (χ4v) is 1.51. The van der Waals surface area contributed by atoms with E-state index in [4.69, 9.17) is 20.8 Å². The van der Waals surface area contributed by atoms with E-state index in [1.165, 1.54) is 13.8 Å². The first kappa shape index (κ1) is 23.3. The summed E-state index contributed by atoms with van der Waals surface area (Å²) in [5.74, 6) is 4.21. The fraction of sp³-hybridized carbons (Fsp3) is 0.529. The SMILES string of the molecule is C=C(N=C(COC(C)=O)ON)/C(C)=C\CC(C)COC(=N)COC(C)=O. The lowest BCUT2D eigenvalue weighted by Crippen LogP contribution is -2.19. The van der Waals surface area contributed by atoms with Gasteiger partial charge in [-0.3, -0.25) is 15.0 Å². The van der Waals surface area contributed by atoms with Crippen LogP contribution in [0, 0.1) is 11.3 Å². The maximum Gasteiger partial charge on any atom is 0.303 e. The van der Waals surface area contributed by atoms with Gasteiger partial charge in [-0.25, -0.2) is 4.99 Å². The highest BCUT2D eigenvalue weighted by Crippen LogP contribution is 2.13. The number of carbonyl (C=O) groups excluding carboxylic acids is 2. The fourth-order valence-electron chi connectivity index (χ4n) is 1.51. The number of ether oxygens (including phenoxy) is 3. The van der Waals surface area contributed by atoms with Crippen molar-refractivity contribution in [2.45, 2.75) is 34.1 Å². The second-order valence-electron chi connectivity index (χ2n) is 5.59. The van der Waals surface area contributed by atoms with Gasteiger partial charge in [0.2, 0.25) is 5.90 Å². The molecule has 3 N–H and O–H groups in total. The number of rotatable bonds is 10. The Balaban J connectivity index is 4.43. The number of carbonyl (C=O) groups is 2. The molecule has 0 radical (unpaired) electrons. The Morgan fingerprint density at radius 3 is 2.27 bits per heavy atom. The van der Waals surface area contributed by atoms with Gasteiger partial charge in [0.1, 0.15) is 0 Å². The van der Waals surface area contributed by atoms with Gasteiger partial charge >= 0.3 is 11.9 Å². The highest BCUT2D eigenvalue weighted by molar-refractivity contribution is 5.81. The zero-order valence-corrected chi connectivity index (χ0v) is 15.7. The van der Waals surface area contributed by atoms with Crippen molar-refractivity contribution in [3.63, 3.8) is 0 Å². The van der Waals surface area contributed by atoms with Crippen LogP contribution in [0.3, 0.4) is 0 Å². The zero-order valence-electron chi connectivity index (χ0n) is 15.7. The van der Waals surface area contributed by atoms with Gasteiger partial charge in [-0.1, -0.05) is 19.6 Å². The minimum Gasteiger partial charge on any atom is -0.478 e. The van der Waals surface area contributed by atoms with Gasteiger partial charge in [0, 0.05) is 13.8 Å². The average Bonchev–Trinajstić information content (AvgIpc) is 2.58. The highest BCUT2D eigenvalue weighted by atomic mass is 16.6. The van der Waals surface area contributed by atoms with Gasteiger partial charge in [0.15, 0.2) is 13.2 Å². The van der Waals surface area contributed by atoms with Gasteiger partial charge in [0.05, 0.1) is 12.3 Å². The van der Waals surface area contributed by atoms with Crippen LogP contribution < -0.4 is 5.90 Å². The summed E-state index contributed by atoms with van der Waals surface area (Å²) in [6.07, 6.45) is 2.57. The Morgan fingerprint density at radius 2 is 1.73 bits per heavy atom. The molecular formula is C17H27N3O6. The first-order chi connectivity index (χ1) is 12.1. The number of nitrogens with one attached hydrogen (secondary N) is 1. The summed E-state index contributed by atoms with van der Waals surface area (Å²) in [5.41, 5.74) is 1.22. The van der Waals surface area contributed by atoms with Crippen LogP contribution in [0.1, 0.15) is 34.1 Å². The van der Waals surface area contributed by atoms with Crippen LogP contribution in [0.25, 0.3) is 0 Å². The quantitative estimate of drug-likeness (QED) is 0.197. The van der Waals surface area contributed by atoms with Crippen molar-refractivity contribution in [3.8, 4) is 0 Å². The molecular weight excluding hydrogens is 342 g/mol. The predicted molar refractivity (Wildman–Crippen MR) is 96.3 cm³/mol. The molecule has 0 rings (SSSR count). The molecule has 0 amide bonds. The third kappa shape index (κ3) is 11.8. The Morgan fingerprint density at radius 1 is 1.15 bits per heavy atom. The van der Waals surface area contributed by atoms with E-state index in [9.17, 15) is 9.59 Å². The van der Waals surface area contributed by atoms with E-state index in [0.29, 0.717) is 18.7 Å². The molecule has 0 bridgehead atoms. The predicted octanol–water partition coefficient (Wildman–Crippen LogP) is 1.88. The van der Waals surface area contributed by atoms with Crippen molar-refractivity contribution >= 4 is 23.7 Å². The molecule has 0 saturated carbocycles. The lowest BCUT2D eigenvalue weighted by atomic mass is 10.1. The van der Waals surface area contributed by atoms with Crippen LogP contribution in [0.2, 0.25) is 0 Å². The number of hydrogen-bond donors (Lipinski definition) is 2. The first-order valence-corrected chi connectivity index (χ1v) is 7.93. The third-order valence-electron chi connectivity index (χ3n) is 3.02. The van der Waals surface area contributed by atoms with E-state index in [1.54, 1.807) is 0 Å². The van der Waals surface area contributed by atoms with Crippen LogP contribution >= 0.6 is 0 Å². The first-order valence-electron chi connectivity index (χ1n) is 7.93. The molecule has 26 heavy (non-hydrogen) atoms. The van der Waals surface area contributed by atoms with Crippen molar-refractivity contribution in [1.29, 1.82) is 5.41 Å². The summed E-state index contributed by atoms with van der Waals surface area (Å²) < 4.78 is 14.7. The van der Waals surface area contributed by atoms with Crippen molar-refractivity contribution in [1.82, 2.24) is 0 Å². The van der Waals surface area contributed by atoms with E-state index in [2.05, 4.69) is 21.1 Å². The Labute approximate surface area is 153 Å². The third-order valence-corrected chi connectivity index (χ3v) is 3.02. The lowest BCUT2D eigenvalue weighted by Gasteiger charge is -2.12. The van der Waals surface area contributed by atoms with Crippen LogP contribution in [0.15, 0.2) is 28.9 Å². The minimum atomic E-state index is -0.472. The number of esters is 2. The van der Waals surface area contributed by atoms with Crippen molar-refractivity contribution in [2.75, 3.05) is 19.8 Å². The molecule has 0 aromatic heterocycles. The number of allylic oxidation sites excluding steroid dienone is 2. The highest BCUT2D eigenvalue weighted by Gasteiger charge is 2.08. The Hall–Kier alpha value is -2.68. The molecule has 9 nitrogen and oxygen atoms in total. The lowest BCUT2D eigenvalue weighted by molar-refractivity contribution is -0.140. The van der Waals surface area contributed by atoms with Crippen LogP contribution in [0.4, 0.5) is 0 Å². The number of nitrogens with zero attached hydrogens (tertiary/aromatic N) is 1. The molecule has 0 spiro atoms. The molecule has 9 heteroatoms. The molecule has 146 valence electrons. The van der Waals surface area contributed by atoms with Crippen LogP contribution in [-0.2, 0) is 28.6 Å². The number of nitrogens with two attached hydrogens (primary N) is 1. The summed E-state index contributed by atoms with van der Waals surface area (Å²) in [6.45, 7) is 10.1. The van der Waals surface area contributed by atoms with Crippen molar-refractivity contribution < 1.29 is 28.6 Å². The van der Waals surface area contributed by atoms with E-state index >= 15 is 0 Å². The monoisotopic (exact) mass is 369 g/mol. The summed E-state index contributed by atoms with van der Waals surface area (Å²) in [6, 6.07) is 0. The van der Waals surface area contributed by atoms with Gasteiger partial charge in [-0.15, -0.1) is 0 Å². The van der Waals surface area contributed by atoms with Gasteiger partial charge < -0.3 is 19.0 Å². The summed E-state index contributed by atoms with van der Waals surface area (Å²) in [4.78, 5) is 30.1. The average molecular weight is 369 g/mol. The van der Waals surface area contributed by atoms with Crippen LogP contribution in [0.5, 0.6) is 0 Å². The molecule has 0 heterocycles. The van der Waals surface area contributed by atoms with Gasteiger partial charge in [-0.2, -0.15) is 5.90 Å². The second kappa shape index (κ2) is 12.6. The second-order valence-corrected chi connectivity index (χ2v) is 5.59. The molecule has 0 aliphatic rings.